The van der Waals surface area contributed by atoms with Crippen LogP contribution in [0.25, 0.3) is 0 Å². The van der Waals surface area contributed by atoms with Crippen molar-refractivity contribution in [1.29, 1.82) is 0 Å². The fourth-order valence-electron chi connectivity index (χ4n) is 2.31. The molecule has 1 aromatic rings. The number of aliphatic hydroxyl groups is 1. The summed E-state index contributed by atoms with van der Waals surface area (Å²) in [6.07, 6.45) is 0. The Bertz CT molecular complexity index is 440. The average molecular weight is 257 g/mol. The van der Waals surface area contributed by atoms with Gasteiger partial charge in [-0.1, -0.05) is 0 Å². The van der Waals surface area contributed by atoms with E-state index in [-0.39, 0.29) is 0 Å². The van der Waals surface area contributed by atoms with Gasteiger partial charge in [0.1, 0.15) is 6.61 Å². The molecule has 0 fully saturated rings. The Balaban J connectivity index is 3.52. The van der Waals surface area contributed by atoms with Gasteiger partial charge in [0.25, 0.3) is 5.92 Å². The Kier molecular flexibility index (Phi) is 4.13. The number of rotatable bonds is 3. The molecular formula is C14H21F2NO. The first-order chi connectivity index (χ1) is 8.15. The number of alkyl halides is 2. The molecule has 0 unspecified atom stereocenters. The van der Waals surface area contributed by atoms with Gasteiger partial charge in [0.15, 0.2) is 0 Å². The molecule has 18 heavy (non-hydrogen) atoms. The molecule has 4 heteroatoms. The summed E-state index contributed by atoms with van der Waals surface area (Å²) in [5.74, 6) is -3.30. The Labute approximate surface area is 107 Å². The standard InChI is InChI=1S/C14H21F2NO/c1-7-8(2)10(4)12(11(5)9(7)3)13(17)14(15,16)6-18/h13,18H,6,17H2,1-5H3/t13-/m1/s1. The summed E-state index contributed by atoms with van der Waals surface area (Å²) >= 11 is 0. The molecular weight excluding hydrogens is 236 g/mol. The maximum Gasteiger partial charge on any atom is 0.289 e. The molecule has 0 aliphatic rings. The smallest absolute Gasteiger partial charge is 0.289 e. The fourth-order valence-corrected chi connectivity index (χ4v) is 2.31. The van der Waals surface area contributed by atoms with Crippen LogP contribution in [0.1, 0.15) is 39.4 Å². The molecule has 0 saturated heterocycles. The highest BCUT2D eigenvalue weighted by Crippen LogP contribution is 2.36. The van der Waals surface area contributed by atoms with Gasteiger partial charge in [-0.05, 0) is 68.0 Å². The lowest BCUT2D eigenvalue weighted by Gasteiger charge is -2.27. The zero-order chi connectivity index (χ0) is 14.2. The van der Waals surface area contributed by atoms with Crippen molar-refractivity contribution in [2.45, 2.75) is 46.6 Å². The van der Waals surface area contributed by atoms with Gasteiger partial charge < -0.3 is 10.8 Å². The van der Waals surface area contributed by atoms with Crippen molar-refractivity contribution in [2.75, 3.05) is 6.61 Å². The van der Waals surface area contributed by atoms with Crippen molar-refractivity contribution in [1.82, 2.24) is 0 Å². The van der Waals surface area contributed by atoms with E-state index >= 15 is 0 Å². The highest BCUT2D eigenvalue weighted by Gasteiger charge is 2.39. The third-order valence-electron chi connectivity index (χ3n) is 4.03. The molecule has 0 amide bonds. The van der Waals surface area contributed by atoms with Crippen LogP contribution in [0.15, 0.2) is 0 Å². The second kappa shape index (κ2) is 4.94. The summed E-state index contributed by atoms with van der Waals surface area (Å²) < 4.78 is 27.2. The van der Waals surface area contributed by atoms with Crippen molar-refractivity contribution in [3.05, 3.63) is 33.4 Å². The number of hydrogen-bond acceptors (Lipinski definition) is 2. The Morgan fingerprint density at radius 3 is 1.61 bits per heavy atom. The highest BCUT2D eigenvalue weighted by molar-refractivity contribution is 5.51. The number of aliphatic hydroxyl groups excluding tert-OH is 1. The maximum atomic E-state index is 13.6. The molecule has 0 bridgehead atoms. The van der Waals surface area contributed by atoms with Gasteiger partial charge in [0.05, 0.1) is 6.04 Å². The van der Waals surface area contributed by atoms with E-state index in [0.29, 0.717) is 5.56 Å². The van der Waals surface area contributed by atoms with Crippen LogP contribution in [-0.4, -0.2) is 17.6 Å². The lowest BCUT2D eigenvalue weighted by atomic mass is 9.85. The van der Waals surface area contributed by atoms with Gasteiger partial charge >= 0.3 is 0 Å². The van der Waals surface area contributed by atoms with E-state index in [0.717, 1.165) is 27.8 Å². The summed E-state index contributed by atoms with van der Waals surface area (Å²) in [5, 5.41) is 8.77. The van der Waals surface area contributed by atoms with E-state index < -0.39 is 18.6 Å². The number of halogens is 2. The minimum absolute atomic E-state index is 0.453. The quantitative estimate of drug-likeness (QED) is 0.874. The lowest BCUT2D eigenvalue weighted by molar-refractivity contribution is -0.0714. The molecule has 1 rings (SSSR count). The molecule has 0 saturated carbocycles. The second-order valence-electron chi connectivity index (χ2n) is 4.94. The lowest BCUT2D eigenvalue weighted by Crippen LogP contribution is -2.37. The molecule has 1 atom stereocenters. The van der Waals surface area contributed by atoms with Crippen LogP contribution < -0.4 is 5.73 Å². The van der Waals surface area contributed by atoms with Crippen molar-refractivity contribution in [2.24, 2.45) is 5.73 Å². The molecule has 0 aliphatic carbocycles. The molecule has 102 valence electrons. The first kappa shape index (κ1) is 15.1. The predicted molar refractivity (Wildman–Crippen MR) is 69.1 cm³/mol. The van der Waals surface area contributed by atoms with Gasteiger partial charge in [-0.2, -0.15) is 0 Å². The number of hydrogen-bond donors (Lipinski definition) is 2. The molecule has 0 aromatic heterocycles. The van der Waals surface area contributed by atoms with Gasteiger partial charge in [0.2, 0.25) is 0 Å². The van der Waals surface area contributed by atoms with Crippen LogP contribution in [0.2, 0.25) is 0 Å². The van der Waals surface area contributed by atoms with Crippen molar-refractivity contribution < 1.29 is 13.9 Å². The second-order valence-corrected chi connectivity index (χ2v) is 4.94. The Morgan fingerprint density at radius 2 is 1.28 bits per heavy atom. The minimum atomic E-state index is -3.30. The summed E-state index contributed by atoms with van der Waals surface area (Å²) in [6, 6.07) is -1.47. The zero-order valence-electron chi connectivity index (χ0n) is 11.6. The van der Waals surface area contributed by atoms with Crippen molar-refractivity contribution in [3.8, 4) is 0 Å². The normalized spacial score (nSPS) is 13.8. The Hall–Kier alpha value is -1.00. The molecule has 0 heterocycles. The van der Waals surface area contributed by atoms with Crippen molar-refractivity contribution >= 4 is 0 Å². The van der Waals surface area contributed by atoms with E-state index in [1.165, 1.54) is 0 Å². The minimum Gasteiger partial charge on any atom is -0.390 e. The number of benzene rings is 1. The Morgan fingerprint density at radius 1 is 0.944 bits per heavy atom. The molecule has 1 aromatic carbocycles. The topological polar surface area (TPSA) is 46.2 Å². The summed E-state index contributed by atoms with van der Waals surface area (Å²) in [7, 11) is 0. The number of nitrogens with two attached hydrogens (primary N) is 1. The molecule has 0 aliphatic heterocycles. The largest absolute Gasteiger partial charge is 0.390 e. The molecule has 0 radical (unpaired) electrons. The molecule has 3 N–H and O–H groups in total. The zero-order valence-corrected chi connectivity index (χ0v) is 11.6. The van der Waals surface area contributed by atoms with Crippen LogP contribution in [0.4, 0.5) is 8.78 Å². The summed E-state index contributed by atoms with van der Waals surface area (Å²) in [4.78, 5) is 0. The van der Waals surface area contributed by atoms with Gasteiger partial charge in [-0.25, -0.2) is 8.78 Å². The highest BCUT2D eigenvalue weighted by atomic mass is 19.3. The first-order valence-electron chi connectivity index (χ1n) is 5.96. The van der Waals surface area contributed by atoms with Crippen LogP contribution in [0.5, 0.6) is 0 Å². The van der Waals surface area contributed by atoms with Gasteiger partial charge in [-0.15, -0.1) is 0 Å². The predicted octanol–water partition coefficient (Wildman–Crippen LogP) is 2.86. The third kappa shape index (κ3) is 2.27. The monoisotopic (exact) mass is 257 g/mol. The van der Waals surface area contributed by atoms with E-state index in [1.807, 2.05) is 20.8 Å². The van der Waals surface area contributed by atoms with Crippen LogP contribution >= 0.6 is 0 Å². The van der Waals surface area contributed by atoms with Crippen LogP contribution in [-0.2, 0) is 0 Å². The van der Waals surface area contributed by atoms with Crippen LogP contribution in [0, 0.1) is 34.6 Å². The first-order valence-corrected chi connectivity index (χ1v) is 5.96. The van der Waals surface area contributed by atoms with Crippen LogP contribution in [0.3, 0.4) is 0 Å². The maximum absolute atomic E-state index is 13.6. The van der Waals surface area contributed by atoms with E-state index in [1.54, 1.807) is 13.8 Å². The van der Waals surface area contributed by atoms with E-state index in [2.05, 4.69) is 0 Å². The third-order valence-corrected chi connectivity index (χ3v) is 4.03. The van der Waals surface area contributed by atoms with Gasteiger partial charge in [0, 0.05) is 0 Å². The fraction of sp³-hybridized carbons (Fsp3) is 0.571. The SMILES string of the molecule is Cc1c(C)c(C)c([C@@H](N)C(F)(F)CO)c(C)c1C. The van der Waals surface area contributed by atoms with E-state index in [9.17, 15) is 8.78 Å². The molecule has 2 nitrogen and oxygen atoms in total. The van der Waals surface area contributed by atoms with Crippen molar-refractivity contribution in [3.63, 3.8) is 0 Å². The summed E-state index contributed by atoms with van der Waals surface area (Å²) in [5.41, 5.74) is 10.8. The van der Waals surface area contributed by atoms with Gasteiger partial charge in [-0.3, -0.25) is 0 Å². The average Bonchev–Trinajstić information content (AvgIpc) is 2.34. The molecule has 0 spiro atoms. The van der Waals surface area contributed by atoms with E-state index in [4.69, 9.17) is 10.8 Å². The summed E-state index contributed by atoms with van der Waals surface area (Å²) in [6.45, 7) is 8.16.